The molecule has 0 saturated heterocycles. The van der Waals surface area contributed by atoms with E-state index < -0.39 is 18.7 Å². The molecule has 2 heterocycles. The van der Waals surface area contributed by atoms with Gasteiger partial charge in [0, 0.05) is 30.9 Å². The molecule has 0 aliphatic heterocycles. The van der Waals surface area contributed by atoms with E-state index in [2.05, 4.69) is 15.0 Å². The second kappa shape index (κ2) is 6.51. The van der Waals surface area contributed by atoms with E-state index in [0.29, 0.717) is 0 Å². The molecule has 2 aromatic heterocycles. The first-order valence-electron chi connectivity index (χ1n) is 6.38. The number of aryl methyl sites for hydroxylation is 1. The Bertz CT molecular complexity index is 754. The summed E-state index contributed by atoms with van der Waals surface area (Å²) in [5, 5.41) is 2.48. The van der Waals surface area contributed by atoms with E-state index in [-0.39, 0.29) is 22.7 Å². The molecule has 2 aromatic rings. The van der Waals surface area contributed by atoms with Crippen LogP contribution >= 0.6 is 0 Å². The van der Waals surface area contributed by atoms with Gasteiger partial charge in [0.1, 0.15) is 0 Å². The molecular formula is C14H12F3N3O3. The number of halogens is 3. The van der Waals surface area contributed by atoms with Crippen molar-refractivity contribution in [2.75, 3.05) is 11.9 Å². The topological polar surface area (TPSA) is 73.2 Å². The Hall–Kier alpha value is -2.84. The van der Waals surface area contributed by atoms with Gasteiger partial charge in [-0.05, 0) is 12.1 Å². The number of carbonyl (C=O) groups excluding carboxylic acids is 1. The van der Waals surface area contributed by atoms with Crippen LogP contribution in [0.1, 0.15) is 10.4 Å². The van der Waals surface area contributed by atoms with Crippen LogP contribution in [-0.4, -0.2) is 28.2 Å². The van der Waals surface area contributed by atoms with Gasteiger partial charge in [0.15, 0.2) is 6.61 Å². The number of carbonyl (C=O) groups is 1. The third-order valence-electron chi connectivity index (χ3n) is 2.74. The molecule has 0 saturated carbocycles. The van der Waals surface area contributed by atoms with Crippen LogP contribution in [0.25, 0.3) is 0 Å². The fourth-order valence-corrected chi connectivity index (χ4v) is 1.59. The molecule has 9 heteroatoms. The Morgan fingerprint density at radius 3 is 2.65 bits per heavy atom. The van der Waals surface area contributed by atoms with Crippen molar-refractivity contribution in [2.24, 2.45) is 7.05 Å². The van der Waals surface area contributed by atoms with Gasteiger partial charge in [0.05, 0.1) is 11.9 Å². The van der Waals surface area contributed by atoms with Crippen molar-refractivity contribution in [3.8, 4) is 5.88 Å². The lowest BCUT2D eigenvalue weighted by atomic mass is 10.2. The zero-order chi connectivity index (χ0) is 17.0. The van der Waals surface area contributed by atoms with Crippen molar-refractivity contribution in [1.82, 2.24) is 9.55 Å². The number of hydrogen-bond acceptors (Lipinski definition) is 4. The SMILES string of the molecule is Cn1ccc(C(=O)Nc2ccc(OCC(F)(F)F)nc2)cc1=O. The van der Waals surface area contributed by atoms with Crippen molar-refractivity contribution in [3.05, 3.63) is 52.6 Å². The average Bonchev–Trinajstić information content (AvgIpc) is 2.48. The van der Waals surface area contributed by atoms with Crippen molar-refractivity contribution in [3.63, 3.8) is 0 Å². The zero-order valence-electron chi connectivity index (χ0n) is 11.9. The number of nitrogens with one attached hydrogen (secondary N) is 1. The van der Waals surface area contributed by atoms with E-state index in [1.807, 2.05) is 0 Å². The van der Waals surface area contributed by atoms with E-state index in [9.17, 15) is 22.8 Å². The van der Waals surface area contributed by atoms with Crippen LogP contribution < -0.4 is 15.6 Å². The van der Waals surface area contributed by atoms with Crippen LogP contribution in [0.15, 0.2) is 41.5 Å². The van der Waals surface area contributed by atoms with Crippen LogP contribution in [-0.2, 0) is 7.05 Å². The van der Waals surface area contributed by atoms with E-state index >= 15 is 0 Å². The van der Waals surface area contributed by atoms with Crippen LogP contribution in [0.2, 0.25) is 0 Å². The summed E-state index contributed by atoms with van der Waals surface area (Å²) < 4.78 is 41.8. The molecule has 0 aliphatic carbocycles. The van der Waals surface area contributed by atoms with Gasteiger partial charge in [-0.25, -0.2) is 4.98 Å². The molecule has 23 heavy (non-hydrogen) atoms. The highest BCUT2D eigenvalue weighted by molar-refractivity contribution is 6.04. The molecule has 0 aromatic carbocycles. The molecule has 6 nitrogen and oxygen atoms in total. The normalized spacial score (nSPS) is 11.1. The monoisotopic (exact) mass is 327 g/mol. The lowest BCUT2D eigenvalue weighted by Crippen LogP contribution is -2.20. The number of ether oxygens (including phenoxy) is 1. The molecular weight excluding hydrogens is 315 g/mol. The maximum Gasteiger partial charge on any atom is 0.422 e. The summed E-state index contributed by atoms with van der Waals surface area (Å²) in [5.41, 5.74) is 0.0761. The third-order valence-corrected chi connectivity index (χ3v) is 2.74. The maximum atomic E-state index is 12.0. The number of nitrogens with zero attached hydrogens (tertiary/aromatic N) is 2. The fraction of sp³-hybridized carbons (Fsp3) is 0.214. The quantitative estimate of drug-likeness (QED) is 0.932. The Labute approximate surface area is 128 Å². The van der Waals surface area contributed by atoms with Gasteiger partial charge < -0.3 is 14.6 Å². The van der Waals surface area contributed by atoms with E-state index in [0.717, 1.165) is 6.20 Å². The summed E-state index contributed by atoms with van der Waals surface area (Å²) in [5.74, 6) is -0.748. The minimum Gasteiger partial charge on any atom is -0.468 e. The first kappa shape index (κ1) is 16.5. The summed E-state index contributed by atoms with van der Waals surface area (Å²) in [7, 11) is 1.55. The van der Waals surface area contributed by atoms with E-state index in [4.69, 9.17) is 0 Å². The predicted molar refractivity (Wildman–Crippen MR) is 75.4 cm³/mol. The van der Waals surface area contributed by atoms with Crippen LogP contribution in [0.5, 0.6) is 5.88 Å². The molecule has 0 radical (unpaired) electrons. The zero-order valence-corrected chi connectivity index (χ0v) is 11.9. The van der Waals surface area contributed by atoms with Crippen molar-refractivity contribution in [2.45, 2.75) is 6.18 Å². The van der Waals surface area contributed by atoms with Gasteiger partial charge in [-0.15, -0.1) is 0 Å². The molecule has 1 N–H and O–H groups in total. The molecule has 0 aliphatic rings. The number of pyridine rings is 2. The minimum atomic E-state index is -4.45. The molecule has 0 fully saturated rings. The largest absolute Gasteiger partial charge is 0.468 e. The molecule has 0 atom stereocenters. The summed E-state index contributed by atoms with van der Waals surface area (Å²) in [6, 6.07) is 5.18. The number of amides is 1. The first-order valence-corrected chi connectivity index (χ1v) is 6.38. The highest BCUT2D eigenvalue weighted by atomic mass is 19.4. The van der Waals surface area contributed by atoms with Gasteiger partial charge >= 0.3 is 6.18 Å². The maximum absolute atomic E-state index is 12.0. The molecule has 0 unspecified atom stereocenters. The predicted octanol–water partition coefficient (Wildman–Crippen LogP) is 1.97. The number of hydrogen-bond donors (Lipinski definition) is 1. The lowest BCUT2D eigenvalue weighted by Gasteiger charge is -2.09. The van der Waals surface area contributed by atoms with Gasteiger partial charge in [0.25, 0.3) is 11.5 Å². The minimum absolute atomic E-state index is 0.158. The molecule has 0 bridgehead atoms. The lowest BCUT2D eigenvalue weighted by molar-refractivity contribution is -0.154. The highest BCUT2D eigenvalue weighted by Crippen LogP contribution is 2.18. The van der Waals surface area contributed by atoms with Crippen LogP contribution in [0, 0.1) is 0 Å². The van der Waals surface area contributed by atoms with Crippen LogP contribution in [0.3, 0.4) is 0 Å². The van der Waals surface area contributed by atoms with Gasteiger partial charge in [0.2, 0.25) is 5.88 Å². The Balaban J connectivity index is 2.01. The van der Waals surface area contributed by atoms with Crippen molar-refractivity contribution in [1.29, 1.82) is 0 Å². The summed E-state index contributed by atoms with van der Waals surface area (Å²) in [6.45, 7) is -1.45. The second-order valence-corrected chi connectivity index (χ2v) is 4.61. The van der Waals surface area contributed by atoms with Gasteiger partial charge in [-0.3, -0.25) is 9.59 Å². The van der Waals surface area contributed by atoms with E-state index in [1.165, 1.54) is 35.0 Å². The van der Waals surface area contributed by atoms with Crippen LogP contribution in [0.4, 0.5) is 18.9 Å². The number of anilines is 1. The molecule has 1 amide bonds. The average molecular weight is 327 g/mol. The second-order valence-electron chi connectivity index (χ2n) is 4.61. The molecule has 122 valence electrons. The van der Waals surface area contributed by atoms with Gasteiger partial charge in [-0.2, -0.15) is 13.2 Å². The number of aromatic nitrogens is 2. The fourth-order valence-electron chi connectivity index (χ4n) is 1.59. The Kier molecular flexibility index (Phi) is 4.68. The molecule has 2 rings (SSSR count). The highest BCUT2D eigenvalue weighted by Gasteiger charge is 2.28. The standard InChI is InChI=1S/C14H12F3N3O3/c1-20-5-4-9(6-12(20)21)13(22)19-10-2-3-11(18-7-10)23-8-14(15,16)17/h2-7H,8H2,1H3,(H,19,22). The van der Waals surface area contributed by atoms with Crippen molar-refractivity contribution >= 4 is 11.6 Å². The Morgan fingerprint density at radius 1 is 1.35 bits per heavy atom. The summed E-state index contributed by atoms with van der Waals surface area (Å²) >= 11 is 0. The summed E-state index contributed by atoms with van der Waals surface area (Å²) in [6.07, 6.45) is -1.84. The number of rotatable bonds is 4. The van der Waals surface area contributed by atoms with E-state index in [1.54, 1.807) is 7.05 Å². The van der Waals surface area contributed by atoms with Crippen molar-refractivity contribution < 1.29 is 22.7 Å². The molecule has 0 spiro atoms. The smallest absolute Gasteiger partial charge is 0.422 e. The first-order chi connectivity index (χ1) is 10.7. The third kappa shape index (κ3) is 4.83. The Morgan fingerprint density at radius 2 is 2.09 bits per heavy atom. The van der Waals surface area contributed by atoms with Gasteiger partial charge in [-0.1, -0.05) is 0 Å². The number of alkyl halides is 3. The summed E-state index contributed by atoms with van der Waals surface area (Å²) in [4.78, 5) is 27.1.